The maximum absolute atomic E-state index is 12.7. The summed E-state index contributed by atoms with van der Waals surface area (Å²) in [6.07, 6.45) is 7.41. The smallest absolute Gasteiger partial charge is 0.270 e. The lowest BCUT2D eigenvalue weighted by Gasteiger charge is -2.32. The molecule has 1 amide bonds. The van der Waals surface area contributed by atoms with Crippen molar-refractivity contribution in [2.75, 3.05) is 44.3 Å². The average Bonchev–Trinajstić information content (AvgIpc) is 3.07. The maximum atomic E-state index is 12.7. The van der Waals surface area contributed by atoms with Gasteiger partial charge in [0.2, 0.25) is 5.95 Å². The van der Waals surface area contributed by atoms with Crippen LogP contribution < -0.4 is 16.4 Å². The van der Waals surface area contributed by atoms with E-state index in [2.05, 4.69) is 78.5 Å². The summed E-state index contributed by atoms with van der Waals surface area (Å²) < 4.78 is 0. The first-order valence-electron chi connectivity index (χ1n) is 15.8. The molecule has 45 heavy (non-hydrogen) atoms. The van der Waals surface area contributed by atoms with Gasteiger partial charge in [-0.05, 0) is 73.3 Å². The summed E-state index contributed by atoms with van der Waals surface area (Å²) in [4.78, 5) is 31.0. The largest absolute Gasteiger partial charge is 0.383 e. The van der Waals surface area contributed by atoms with Crippen molar-refractivity contribution in [1.29, 1.82) is 0 Å². The number of piperazine rings is 1. The van der Waals surface area contributed by atoms with Gasteiger partial charge in [-0.1, -0.05) is 55.5 Å². The molecule has 1 saturated carbocycles. The van der Waals surface area contributed by atoms with Gasteiger partial charge in [-0.25, -0.2) is 9.97 Å². The molecule has 0 spiro atoms. The molecule has 2 aromatic heterocycles. The molecule has 4 aromatic rings. The number of rotatable bonds is 7. The van der Waals surface area contributed by atoms with Crippen LogP contribution in [0.15, 0.2) is 72.9 Å². The van der Waals surface area contributed by atoms with Gasteiger partial charge in [-0.2, -0.15) is 4.98 Å². The molecule has 0 bridgehead atoms. The van der Waals surface area contributed by atoms with Crippen molar-refractivity contribution < 1.29 is 4.79 Å². The zero-order chi connectivity index (χ0) is 31.0. The molecule has 0 atom stereocenters. The molecule has 2 fully saturated rings. The third-order valence-electron chi connectivity index (χ3n) is 8.48. The molecule has 6 rings (SSSR count). The van der Waals surface area contributed by atoms with Crippen molar-refractivity contribution in [2.45, 2.75) is 44.7 Å². The van der Waals surface area contributed by atoms with E-state index < -0.39 is 0 Å². The fourth-order valence-corrected chi connectivity index (χ4v) is 5.77. The summed E-state index contributed by atoms with van der Waals surface area (Å²) in [5.41, 5.74) is 12.0. The summed E-state index contributed by atoms with van der Waals surface area (Å²) >= 11 is 0. The Morgan fingerprint density at radius 3 is 2.40 bits per heavy atom. The number of carbonyl (C=O) groups is 1. The Kier molecular flexibility index (Phi) is 9.64. The molecule has 9 heteroatoms. The van der Waals surface area contributed by atoms with Crippen LogP contribution in [0, 0.1) is 11.8 Å². The zero-order valence-electron chi connectivity index (χ0n) is 25.8. The molecule has 230 valence electrons. The molecule has 9 nitrogen and oxygen atoms in total. The van der Waals surface area contributed by atoms with Gasteiger partial charge < -0.3 is 21.3 Å². The Hall–Kier alpha value is -4.78. The van der Waals surface area contributed by atoms with Gasteiger partial charge in [-0.15, -0.1) is 0 Å². The third-order valence-corrected chi connectivity index (χ3v) is 8.48. The van der Waals surface area contributed by atoms with E-state index in [1.54, 1.807) is 12.3 Å². The standard InChI is InChI=1S/C36H40N8O/c1-43-20-22-44(23-21-43)25-27-10-15-28(16-11-27)32-24-38-36(42-34(32)37)41-31-18-13-26(14-19-31)12-17-30-8-5-9-33(39-30)35(45)40-29-6-3-2-4-7-29/h5,8-11,13-16,18-19,24,29H,2-4,6-7,20-23,25H2,1H3,(H,40,45)(H3,37,38,41,42). The second-order valence-electron chi connectivity index (χ2n) is 11.9. The Labute approximate surface area is 265 Å². The van der Waals surface area contributed by atoms with Crippen molar-refractivity contribution in [1.82, 2.24) is 30.1 Å². The second kappa shape index (κ2) is 14.3. The first-order chi connectivity index (χ1) is 22.0. The monoisotopic (exact) mass is 600 g/mol. The van der Waals surface area contributed by atoms with E-state index in [0.29, 0.717) is 23.2 Å². The van der Waals surface area contributed by atoms with Crippen molar-refractivity contribution >= 4 is 23.4 Å². The number of hydrogen-bond acceptors (Lipinski definition) is 8. The SMILES string of the molecule is CN1CCN(Cc2ccc(-c3cnc(Nc4ccc(C#Cc5cccc(C(=O)NC6CCCCC6)n5)cc4)nc3N)cc2)CC1. The molecule has 2 aliphatic rings. The summed E-state index contributed by atoms with van der Waals surface area (Å²) in [5.74, 6) is 6.92. The van der Waals surface area contributed by atoms with Gasteiger partial charge in [-0.3, -0.25) is 9.69 Å². The Morgan fingerprint density at radius 1 is 0.911 bits per heavy atom. The highest BCUT2D eigenvalue weighted by atomic mass is 16.1. The fraction of sp³-hybridized carbons (Fsp3) is 0.333. The zero-order valence-corrected chi connectivity index (χ0v) is 25.8. The van der Waals surface area contributed by atoms with E-state index in [9.17, 15) is 4.79 Å². The van der Waals surface area contributed by atoms with Crippen LogP contribution in [0.3, 0.4) is 0 Å². The predicted molar refractivity (Wildman–Crippen MR) is 179 cm³/mol. The highest BCUT2D eigenvalue weighted by Crippen LogP contribution is 2.26. The summed E-state index contributed by atoms with van der Waals surface area (Å²) in [6, 6.07) is 21.8. The van der Waals surface area contributed by atoms with Crippen LogP contribution in [0.25, 0.3) is 11.1 Å². The molecule has 2 aromatic carbocycles. The van der Waals surface area contributed by atoms with Crippen LogP contribution >= 0.6 is 0 Å². The molecule has 1 aliphatic carbocycles. The number of nitrogen functional groups attached to an aromatic ring is 1. The number of nitrogens with one attached hydrogen (secondary N) is 2. The van der Waals surface area contributed by atoms with Crippen LogP contribution in [0.2, 0.25) is 0 Å². The number of hydrogen-bond donors (Lipinski definition) is 3. The molecule has 0 radical (unpaired) electrons. The molecule has 1 aliphatic heterocycles. The molecule has 1 saturated heterocycles. The van der Waals surface area contributed by atoms with E-state index >= 15 is 0 Å². The van der Waals surface area contributed by atoms with E-state index in [-0.39, 0.29) is 11.9 Å². The lowest BCUT2D eigenvalue weighted by molar-refractivity contribution is 0.0922. The molecule has 3 heterocycles. The van der Waals surface area contributed by atoms with Crippen molar-refractivity contribution in [2.24, 2.45) is 0 Å². The minimum absolute atomic E-state index is 0.133. The van der Waals surface area contributed by atoms with Crippen LogP contribution in [-0.4, -0.2) is 69.9 Å². The summed E-state index contributed by atoms with van der Waals surface area (Å²) in [7, 11) is 2.17. The topological polar surface area (TPSA) is 112 Å². The van der Waals surface area contributed by atoms with Crippen LogP contribution in [0.4, 0.5) is 17.5 Å². The number of nitrogens with two attached hydrogens (primary N) is 1. The van der Waals surface area contributed by atoms with Gasteiger partial charge in [0, 0.05) is 61.8 Å². The number of likely N-dealkylation sites (N-methyl/N-ethyl adjacent to an activating group) is 1. The van der Waals surface area contributed by atoms with E-state index in [0.717, 1.165) is 67.9 Å². The lowest BCUT2D eigenvalue weighted by Crippen LogP contribution is -2.43. The summed E-state index contributed by atoms with van der Waals surface area (Å²) in [5, 5.41) is 6.33. The highest BCUT2D eigenvalue weighted by molar-refractivity contribution is 5.92. The van der Waals surface area contributed by atoms with Crippen LogP contribution in [0.5, 0.6) is 0 Å². The average molecular weight is 601 g/mol. The van der Waals surface area contributed by atoms with Gasteiger partial charge in [0.15, 0.2) is 0 Å². The highest BCUT2D eigenvalue weighted by Gasteiger charge is 2.18. The lowest BCUT2D eigenvalue weighted by atomic mass is 9.95. The number of benzene rings is 2. The van der Waals surface area contributed by atoms with Crippen LogP contribution in [-0.2, 0) is 6.54 Å². The van der Waals surface area contributed by atoms with E-state index in [4.69, 9.17) is 5.73 Å². The molecule has 4 N–H and O–H groups in total. The maximum Gasteiger partial charge on any atom is 0.270 e. The number of carbonyl (C=O) groups excluding carboxylic acids is 1. The first-order valence-corrected chi connectivity index (χ1v) is 15.8. The predicted octanol–water partition coefficient (Wildman–Crippen LogP) is 5.07. The number of pyridine rings is 1. The van der Waals surface area contributed by atoms with E-state index in [1.807, 2.05) is 36.4 Å². The minimum atomic E-state index is -0.133. The van der Waals surface area contributed by atoms with Crippen LogP contribution in [0.1, 0.15) is 59.4 Å². The van der Waals surface area contributed by atoms with Gasteiger partial charge in [0.25, 0.3) is 5.91 Å². The number of amides is 1. The van der Waals surface area contributed by atoms with Gasteiger partial charge in [0.05, 0.1) is 0 Å². The minimum Gasteiger partial charge on any atom is -0.383 e. The second-order valence-corrected chi connectivity index (χ2v) is 11.9. The number of anilines is 3. The van der Waals surface area contributed by atoms with Gasteiger partial charge in [0.1, 0.15) is 17.2 Å². The Bertz CT molecular complexity index is 1660. The summed E-state index contributed by atoms with van der Waals surface area (Å²) in [6.45, 7) is 5.37. The molecule has 0 unspecified atom stereocenters. The quantitative estimate of drug-likeness (QED) is 0.252. The van der Waals surface area contributed by atoms with Crippen molar-refractivity contribution in [3.05, 3.63) is 95.4 Å². The number of nitrogens with zero attached hydrogens (tertiary/aromatic N) is 5. The van der Waals surface area contributed by atoms with Crippen molar-refractivity contribution in [3.8, 4) is 23.0 Å². The third kappa shape index (κ3) is 8.24. The Morgan fingerprint density at radius 2 is 1.67 bits per heavy atom. The molecular weight excluding hydrogens is 560 g/mol. The van der Waals surface area contributed by atoms with Crippen molar-refractivity contribution in [3.63, 3.8) is 0 Å². The normalized spacial score (nSPS) is 16.0. The fourth-order valence-electron chi connectivity index (χ4n) is 5.77. The first kappa shape index (κ1) is 30.3. The Balaban J connectivity index is 1.04. The van der Waals surface area contributed by atoms with Gasteiger partial charge >= 0.3 is 0 Å². The number of aromatic nitrogens is 3. The van der Waals surface area contributed by atoms with E-state index in [1.165, 1.54) is 24.8 Å². The molecular formula is C36H40N8O.